The molecule has 3 aromatic carbocycles. The zero-order chi connectivity index (χ0) is 24.6. The number of fused-ring (bicyclic) bond motifs is 1. The molecule has 35 heavy (non-hydrogen) atoms. The molecule has 0 aliphatic rings. The molecule has 0 saturated carbocycles. The summed E-state index contributed by atoms with van der Waals surface area (Å²) in [5.74, 6) is 0.994. The molecule has 0 N–H and O–H groups in total. The Hall–Kier alpha value is -2.28. The smallest absolute Gasteiger partial charge is 0.119 e. The molecule has 0 radical (unpaired) electrons. The van der Waals surface area contributed by atoms with Gasteiger partial charge in [-0.25, -0.2) is 0 Å². The Bertz CT molecular complexity index is 956. The van der Waals surface area contributed by atoms with Crippen LogP contribution in [0.5, 0.6) is 5.75 Å². The lowest BCUT2D eigenvalue weighted by Gasteiger charge is -2.09. The van der Waals surface area contributed by atoms with Crippen LogP contribution in [0.2, 0.25) is 0 Å². The Labute approximate surface area is 215 Å². The standard InChI is InChI=1S/C34H48O/c1-3-5-7-9-10-11-12-13-14-16-26-35-34-25-24-32-27-31(22-23-33(32)28-34)30-20-18-29(19-21-30)17-15-8-6-4-2/h18-25,27-28H,3-17,26H2,1-2H3. The predicted molar refractivity (Wildman–Crippen MR) is 155 cm³/mol. The third-order valence-corrected chi connectivity index (χ3v) is 7.18. The van der Waals surface area contributed by atoms with Crippen molar-refractivity contribution in [2.45, 2.75) is 110 Å². The molecule has 0 unspecified atom stereocenters. The zero-order valence-corrected chi connectivity index (χ0v) is 22.5. The number of hydrogen-bond acceptors (Lipinski definition) is 1. The Morgan fingerprint density at radius 3 is 1.71 bits per heavy atom. The summed E-state index contributed by atoms with van der Waals surface area (Å²) in [5.41, 5.74) is 4.04. The summed E-state index contributed by atoms with van der Waals surface area (Å²) in [6.45, 7) is 5.38. The molecule has 0 fully saturated rings. The zero-order valence-electron chi connectivity index (χ0n) is 22.5. The number of ether oxygens (including phenoxy) is 1. The highest BCUT2D eigenvalue weighted by Gasteiger charge is 2.03. The topological polar surface area (TPSA) is 9.23 Å². The molecule has 0 bridgehead atoms. The van der Waals surface area contributed by atoms with E-state index < -0.39 is 0 Å². The lowest BCUT2D eigenvalue weighted by atomic mass is 9.99. The highest BCUT2D eigenvalue weighted by Crippen LogP contribution is 2.28. The first-order valence-electron chi connectivity index (χ1n) is 14.6. The molecule has 0 aliphatic carbocycles. The fourth-order valence-electron chi connectivity index (χ4n) is 4.89. The van der Waals surface area contributed by atoms with Crippen LogP contribution in [0.15, 0.2) is 60.7 Å². The summed E-state index contributed by atoms with van der Waals surface area (Å²) in [4.78, 5) is 0. The van der Waals surface area contributed by atoms with Crippen molar-refractivity contribution < 1.29 is 4.74 Å². The van der Waals surface area contributed by atoms with Gasteiger partial charge in [0, 0.05) is 0 Å². The van der Waals surface area contributed by atoms with E-state index in [0.29, 0.717) is 0 Å². The third kappa shape index (κ3) is 10.1. The van der Waals surface area contributed by atoms with Crippen LogP contribution in [0.4, 0.5) is 0 Å². The largest absolute Gasteiger partial charge is 0.494 e. The van der Waals surface area contributed by atoms with E-state index >= 15 is 0 Å². The molecule has 0 aliphatic heterocycles. The maximum absolute atomic E-state index is 6.06. The van der Waals surface area contributed by atoms with E-state index in [1.807, 2.05) is 0 Å². The second-order valence-corrected chi connectivity index (χ2v) is 10.3. The van der Waals surface area contributed by atoms with Gasteiger partial charge in [0.05, 0.1) is 6.61 Å². The average Bonchev–Trinajstić information content (AvgIpc) is 2.90. The first-order chi connectivity index (χ1) is 17.3. The normalized spacial score (nSPS) is 11.3. The molecule has 1 nitrogen and oxygen atoms in total. The summed E-state index contributed by atoms with van der Waals surface area (Å²) in [6.07, 6.45) is 20.0. The van der Waals surface area contributed by atoms with Crippen LogP contribution in [-0.2, 0) is 6.42 Å². The Morgan fingerprint density at radius 1 is 0.486 bits per heavy atom. The fourth-order valence-corrected chi connectivity index (χ4v) is 4.89. The van der Waals surface area contributed by atoms with Crippen LogP contribution in [0.25, 0.3) is 21.9 Å². The van der Waals surface area contributed by atoms with Crippen molar-refractivity contribution in [1.29, 1.82) is 0 Å². The monoisotopic (exact) mass is 472 g/mol. The van der Waals surface area contributed by atoms with Gasteiger partial charge in [0.15, 0.2) is 0 Å². The first kappa shape index (κ1) is 27.3. The summed E-state index contributed by atoms with van der Waals surface area (Å²) in [7, 11) is 0. The maximum Gasteiger partial charge on any atom is 0.119 e. The van der Waals surface area contributed by atoms with Gasteiger partial charge in [-0.3, -0.25) is 0 Å². The average molecular weight is 473 g/mol. The van der Waals surface area contributed by atoms with Gasteiger partial charge < -0.3 is 4.74 Å². The number of unbranched alkanes of at least 4 members (excludes halogenated alkanes) is 12. The van der Waals surface area contributed by atoms with E-state index in [0.717, 1.165) is 18.8 Å². The molecule has 0 aromatic heterocycles. The molecule has 0 atom stereocenters. The Kier molecular flexibility index (Phi) is 12.8. The van der Waals surface area contributed by atoms with Crippen LogP contribution in [0.3, 0.4) is 0 Å². The van der Waals surface area contributed by atoms with Gasteiger partial charge in [0.1, 0.15) is 5.75 Å². The summed E-state index contributed by atoms with van der Waals surface area (Å²) < 4.78 is 6.06. The highest BCUT2D eigenvalue weighted by atomic mass is 16.5. The lowest BCUT2D eigenvalue weighted by Crippen LogP contribution is -1.97. The van der Waals surface area contributed by atoms with E-state index in [9.17, 15) is 0 Å². The van der Waals surface area contributed by atoms with Crippen molar-refractivity contribution in [3.8, 4) is 16.9 Å². The van der Waals surface area contributed by atoms with Crippen LogP contribution >= 0.6 is 0 Å². The molecular formula is C34H48O. The SMILES string of the molecule is CCCCCCCCCCCCOc1ccc2cc(-c3ccc(CCCCCC)cc3)ccc2c1. The van der Waals surface area contributed by atoms with E-state index in [1.54, 1.807) is 0 Å². The fraction of sp³-hybridized carbons (Fsp3) is 0.529. The molecule has 0 heterocycles. The minimum absolute atomic E-state index is 0.824. The van der Waals surface area contributed by atoms with Crippen molar-refractivity contribution in [1.82, 2.24) is 0 Å². The van der Waals surface area contributed by atoms with Crippen LogP contribution in [-0.4, -0.2) is 6.61 Å². The van der Waals surface area contributed by atoms with Gasteiger partial charge in [0.25, 0.3) is 0 Å². The molecule has 1 heteroatoms. The highest BCUT2D eigenvalue weighted by molar-refractivity contribution is 5.88. The molecule has 190 valence electrons. The van der Waals surface area contributed by atoms with Crippen LogP contribution in [0, 0.1) is 0 Å². The van der Waals surface area contributed by atoms with Crippen molar-refractivity contribution >= 4 is 10.8 Å². The van der Waals surface area contributed by atoms with E-state index in [-0.39, 0.29) is 0 Å². The van der Waals surface area contributed by atoms with E-state index in [2.05, 4.69) is 74.5 Å². The Morgan fingerprint density at radius 2 is 1.03 bits per heavy atom. The Balaban J connectivity index is 1.39. The predicted octanol–water partition coefficient (Wildman–Crippen LogP) is 10.9. The molecule has 0 amide bonds. The molecular weight excluding hydrogens is 424 g/mol. The molecule has 0 spiro atoms. The van der Waals surface area contributed by atoms with E-state index in [4.69, 9.17) is 4.74 Å². The number of aryl methyl sites for hydroxylation is 1. The van der Waals surface area contributed by atoms with Crippen molar-refractivity contribution in [3.63, 3.8) is 0 Å². The molecule has 3 rings (SSSR count). The molecule has 0 saturated heterocycles. The number of rotatable bonds is 18. The molecule has 3 aromatic rings. The summed E-state index contributed by atoms with van der Waals surface area (Å²) in [6, 6.07) is 22.5. The van der Waals surface area contributed by atoms with Crippen molar-refractivity contribution in [2.75, 3.05) is 6.61 Å². The third-order valence-electron chi connectivity index (χ3n) is 7.18. The first-order valence-corrected chi connectivity index (χ1v) is 14.6. The second-order valence-electron chi connectivity index (χ2n) is 10.3. The van der Waals surface area contributed by atoms with Gasteiger partial charge >= 0.3 is 0 Å². The van der Waals surface area contributed by atoms with Gasteiger partial charge in [-0.05, 0) is 64.9 Å². The minimum Gasteiger partial charge on any atom is -0.494 e. The van der Waals surface area contributed by atoms with Crippen LogP contribution in [0.1, 0.15) is 109 Å². The van der Waals surface area contributed by atoms with E-state index in [1.165, 1.54) is 117 Å². The van der Waals surface area contributed by atoms with Gasteiger partial charge in [-0.1, -0.05) is 133 Å². The summed E-state index contributed by atoms with van der Waals surface area (Å²) in [5, 5.41) is 2.53. The van der Waals surface area contributed by atoms with Crippen molar-refractivity contribution in [3.05, 3.63) is 66.2 Å². The summed E-state index contributed by atoms with van der Waals surface area (Å²) >= 11 is 0. The minimum atomic E-state index is 0.824. The van der Waals surface area contributed by atoms with Gasteiger partial charge in [0.2, 0.25) is 0 Å². The van der Waals surface area contributed by atoms with Crippen molar-refractivity contribution in [2.24, 2.45) is 0 Å². The number of benzene rings is 3. The number of hydrogen-bond donors (Lipinski definition) is 0. The second kappa shape index (κ2) is 16.4. The lowest BCUT2D eigenvalue weighted by molar-refractivity contribution is 0.304. The maximum atomic E-state index is 6.06. The van der Waals surface area contributed by atoms with Gasteiger partial charge in [-0.15, -0.1) is 0 Å². The quantitative estimate of drug-likeness (QED) is 0.167. The van der Waals surface area contributed by atoms with Gasteiger partial charge in [-0.2, -0.15) is 0 Å². The van der Waals surface area contributed by atoms with Crippen LogP contribution < -0.4 is 4.74 Å².